The molecule has 1 saturated carbocycles. The molecule has 22 heavy (non-hydrogen) atoms. The zero-order valence-corrected chi connectivity index (χ0v) is 13.0. The summed E-state index contributed by atoms with van der Waals surface area (Å²) in [5.41, 5.74) is 1.46. The molecule has 1 heterocycles. The van der Waals surface area contributed by atoms with Crippen molar-refractivity contribution in [3.8, 4) is 5.69 Å². The number of hydrogen-bond acceptors (Lipinski definition) is 2. The number of anilines is 1. The van der Waals surface area contributed by atoms with E-state index in [-0.39, 0.29) is 12.1 Å². The van der Waals surface area contributed by atoms with Crippen molar-refractivity contribution in [1.29, 1.82) is 0 Å². The van der Waals surface area contributed by atoms with Gasteiger partial charge in [0.15, 0.2) is 0 Å². The molecule has 2 amide bonds. The highest BCUT2D eigenvalue weighted by molar-refractivity contribution is 6.32. The SMILES string of the molecule is O=C(Nc1ccc(-n2cccn2)c(Cl)c1)NC1CCCCC1. The first-order valence-electron chi connectivity index (χ1n) is 7.59. The summed E-state index contributed by atoms with van der Waals surface area (Å²) in [6, 6.07) is 7.34. The molecule has 0 atom stereocenters. The fourth-order valence-electron chi connectivity index (χ4n) is 2.78. The number of nitrogens with zero attached hydrogens (tertiary/aromatic N) is 2. The van der Waals surface area contributed by atoms with Crippen LogP contribution in [-0.4, -0.2) is 21.9 Å². The Labute approximate surface area is 134 Å². The number of amides is 2. The van der Waals surface area contributed by atoms with Gasteiger partial charge in [-0.2, -0.15) is 5.10 Å². The molecule has 1 aromatic heterocycles. The summed E-state index contributed by atoms with van der Waals surface area (Å²) in [4.78, 5) is 12.0. The van der Waals surface area contributed by atoms with Crippen molar-refractivity contribution in [2.24, 2.45) is 0 Å². The van der Waals surface area contributed by atoms with Crippen molar-refractivity contribution >= 4 is 23.3 Å². The average Bonchev–Trinajstić information content (AvgIpc) is 3.02. The number of rotatable bonds is 3. The Balaban J connectivity index is 1.63. The number of aromatic nitrogens is 2. The van der Waals surface area contributed by atoms with Crippen molar-refractivity contribution in [3.05, 3.63) is 41.7 Å². The van der Waals surface area contributed by atoms with E-state index in [1.807, 2.05) is 24.4 Å². The van der Waals surface area contributed by atoms with Gasteiger partial charge in [-0.3, -0.25) is 0 Å². The van der Waals surface area contributed by atoms with Crippen LogP contribution >= 0.6 is 11.6 Å². The molecule has 2 aromatic rings. The van der Waals surface area contributed by atoms with Crippen LogP contribution in [0.5, 0.6) is 0 Å². The first kappa shape index (κ1) is 14.9. The van der Waals surface area contributed by atoms with E-state index < -0.39 is 0 Å². The zero-order chi connectivity index (χ0) is 15.4. The monoisotopic (exact) mass is 318 g/mol. The Bertz CT molecular complexity index is 636. The number of carbonyl (C=O) groups excluding carboxylic acids is 1. The number of carbonyl (C=O) groups is 1. The third-order valence-electron chi connectivity index (χ3n) is 3.90. The molecule has 0 radical (unpaired) electrons. The van der Waals surface area contributed by atoms with E-state index in [4.69, 9.17) is 11.6 Å². The minimum Gasteiger partial charge on any atom is -0.335 e. The van der Waals surface area contributed by atoms with Crippen LogP contribution in [0.15, 0.2) is 36.7 Å². The van der Waals surface area contributed by atoms with Crippen molar-refractivity contribution in [3.63, 3.8) is 0 Å². The third-order valence-corrected chi connectivity index (χ3v) is 4.20. The molecular weight excluding hydrogens is 300 g/mol. The van der Waals surface area contributed by atoms with E-state index in [0.29, 0.717) is 10.7 Å². The molecule has 2 N–H and O–H groups in total. The third kappa shape index (κ3) is 3.60. The smallest absolute Gasteiger partial charge is 0.319 e. The van der Waals surface area contributed by atoms with E-state index in [1.165, 1.54) is 19.3 Å². The highest BCUT2D eigenvalue weighted by Crippen LogP contribution is 2.24. The Hall–Kier alpha value is -2.01. The molecule has 1 aromatic carbocycles. The summed E-state index contributed by atoms with van der Waals surface area (Å²) in [6.07, 6.45) is 9.29. The maximum atomic E-state index is 12.0. The lowest BCUT2D eigenvalue weighted by Crippen LogP contribution is -2.39. The second kappa shape index (κ2) is 6.83. The molecule has 5 nitrogen and oxygen atoms in total. The van der Waals surface area contributed by atoms with E-state index in [0.717, 1.165) is 18.5 Å². The number of urea groups is 1. The molecule has 0 saturated heterocycles. The molecule has 116 valence electrons. The van der Waals surface area contributed by atoms with Crippen LogP contribution in [0.4, 0.5) is 10.5 Å². The molecular formula is C16H19ClN4O. The van der Waals surface area contributed by atoms with E-state index in [9.17, 15) is 4.79 Å². The first-order valence-corrected chi connectivity index (χ1v) is 7.97. The van der Waals surface area contributed by atoms with Crippen LogP contribution in [0.25, 0.3) is 5.69 Å². The Morgan fingerprint density at radius 2 is 2.09 bits per heavy atom. The lowest BCUT2D eigenvalue weighted by atomic mass is 9.96. The summed E-state index contributed by atoms with van der Waals surface area (Å²) in [5, 5.41) is 10.5. The molecule has 3 rings (SSSR count). The lowest BCUT2D eigenvalue weighted by molar-refractivity contribution is 0.244. The number of hydrogen-bond donors (Lipinski definition) is 2. The minimum atomic E-state index is -0.171. The quantitative estimate of drug-likeness (QED) is 0.899. The Morgan fingerprint density at radius 3 is 2.77 bits per heavy atom. The van der Waals surface area contributed by atoms with Crippen LogP contribution in [-0.2, 0) is 0 Å². The zero-order valence-electron chi connectivity index (χ0n) is 12.3. The summed E-state index contributed by atoms with van der Waals surface area (Å²) < 4.78 is 1.69. The van der Waals surface area contributed by atoms with Crippen LogP contribution in [0.3, 0.4) is 0 Å². The van der Waals surface area contributed by atoms with Gasteiger partial charge >= 0.3 is 6.03 Å². The van der Waals surface area contributed by atoms with Crippen LogP contribution < -0.4 is 10.6 Å². The Kier molecular flexibility index (Phi) is 4.63. The summed E-state index contributed by atoms with van der Waals surface area (Å²) >= 11 is 6.26. The second-order valence-corrected chi connectivity index (χ2v) is 5.96. The van der Waals surface area contributed by atoms with Gasteiger partial charge in [-0.15, -0.1) is 0 Å². The predicted octanol–water partition coefficient (Wildman–Crippen LogP) is 3.98. The second-order valence-electron chi connectivity index (χ2n) is 5.55. The number of nitrogens with one attached hydrogen (secondary N) is 2. The van der Waals surface area contributed by atoms with Crippen LogP contribution in [0.1, 0.15) is 32.1 Å². The van der Waals surface area contributed by atoms with Gasteiger partial charge in [-0.05, 0) is 37.1 Å². The average molecular weight is 319 g/mol. The van der Waals surface area contributed by atoms with E-state index in [2.05, 4.69) is 15.7 Å². The van der Waals surface area contributed by atoms with Crippen molar-refractivity contribution in [2.75, 3.05) is 5.32 Å². The fraction of sp³-hybridized carbons (Fsp3) is 0.375. The van der Waals surface area contributed by atoms with Crippen molar-refractivity contribution in [1.82, 2.24) is 15.1 Å². The lowest BCUT2D eigenvalue weighted by Gasteiger charge is -2.22. The van der Waals surface area contributed by atoms with Gasteiger partial charge in [-0.1, -0.05) is 30.9 Å². The maximum Gasteiger partial charge on any atom is 0.319 e. The fourth-order valence-corrected chi connectivity index (χ4v) is 3.05. The summed E-state index contributed by atoms with van der Waals surface area (Å²) in [6.45, 7) is 0. The molecule has 0 spiro atoms. The molecule has 0 aliphatic heterocycles. The molecule has 6 heteroatoms. The molecule has 1 aliphatic rings. The van der Waals surface area contributed by atoms with Gasteiger partial charge in [-0.25, -0.2) is 9.48 Å². The summed E-state index contributed by atoms with van der Waals surface area (Å²) in [5.74, 6) is 0. The van der Waals surface area contributed by atoms with E-state index in [1.54, 1.807) is 16.9 Å². The highest BCUT2D eigenvalue weighted by Gasteiger charge is 2.15. The topological polar surface area (TPSA) is 59.0 Å². The molecule has 0 bridgehead atoms. The standard InChI is InChI=1S/C16H19ClN4O/c17-14-11-13(7-8-15(14)21-10-4-9-18-21)20-16(22)19-12-5-2-1-3-6-12/h4,7-12H,1-3,5-6H2,(H2,19,20,22). The summed E-state index contributed by atoms with van der Waals surface area (Å²) in [7, 11) is 0. The molecule has 0 unspecified atom stereocenters. The van der Waals surface area contributed by atoms with Gasteiger partial charge in [0.2, 0.25) is 0 Å². The molecule has 1 aliphatic carbocycles. The van der Waals surface area contributed by atoms with Crippen LogP contribution in [0.2, 0.25) is 5.02 Å². The van der Waals surface area contributed by atoms with Gasteiger partial charge in [0.05, 0.1) is 10.7 Å². The number of halogens is 1. The van der Waals surface area contributed by atoms with Gasteiger partial charge in [0.25, 0.3) is 0 Å². The van der Waals surface area contributed by atoms with Gasteiger partial charge < -0.3 is 10.6 Å². The van der Waals surface area contributed by atoms with Crippen LogP contribution in [0, 0.1) is 0 Å². The van der Waals surface area contributed by atoms with Gasteiger partial charge in [0.1, 0.15) is 0 Å². The van der Waals surface area contributed by atoms with Crippen molar-refractivity contribution < 1.29 is 4.79 Å². The van der Waals surface area contributed by atoms with Gasteiger partial charge in [0, 0.05) is 24.1 Å². The normalized spacial score (nSPS) is 15.5. The Morgan fingerprint density at radius 1 is 1.27 bits per heavy atom. The minimum absolute atomic E-state index is 0.171. The highest BCUT2D eigenvalue weighted by atomic mass is 35.5. The number of benzene rings is 1. The van der Waals surface area contributed by atoms with E-state index >= 15 is 0 Å². The maximum absolute atomic E-state index is 12.0. The molecule has 1 fully saturated rings. The predicted molar refractivity (Wildman–Crippen MR) is 87.6 cm³/mol. The first-order chi connectivity index (χ1) is 10.7. The largest absolute Gasteiger partial charge is 0.335 e. The van der Waals surface area contributed by atoms with Crippen molar-refractivity contribution in [2.45, 2.75) is 38.1 Å².